The summed E-state index contributed by atoms with van der Waals surface area (Å²) in [5, 5.41) is 2.85. The second-order valence-electron chi connectivity index (χ2n) is 5.76. The second-order valence-corrected chi connectivity index (χ2v) is 5.76. The number of amides is 1. The number of esters is 1. The van der Waals surface area contributed by atoms with E-state index in [0.29, 0.717) is 38.5 Å². The minimum atomic E-state index is -0.206. The fraction of sp³-hybridized carbons (Fsp3) is 0.867. The van der Waals surface area contributed by atoms with E-state index in [4.69, 9.17) is 10.5 Å². The van der Waals surface area contributed by atoms with Crippen LogP contribution in [0.2, 0.25) is 0 Å². The Morgan fingerprint density at radius 3 is 2.90 bits per heavy atom. The molecule has 1 aliphatic heterocycles. The largest absolute Gasteiger partial charge is 0.466 e. The van der Waals surface area contributed by atoms with Crippen molar-refractivity contribution in [2.24, 2.45) is 11.7 Å². The highest BCUT2D eigenvalue weighted by Gasteiger charge is 2.23. The molecule has 2 unspecified atom stereocenters. The zero-order valence-electron chi connectivity index (χ0n) is 13.3. The predicted octanol–water partition coefficient (Wildman–Crippen LogP) is 0.505. The number of nitrogens with zero attached hydrogens (tertiary/aromatic N) is 1. The van der Waals surface area contributed by atoms with Crippen LogP contribution in [0.4, 0.5) is 0 Å². The van der Waals surface area contributed by atoms with Crippen molar-refractivity contribution in [1.82, 2.24) is 10.2 Å². The van der Waals surface area contributed by atoms with Gasteiger partial charge in [0.25, 0.3) is 0 Å². The quantitative estimate of drug-likeness (QED) is 0.504. The first-order chi connectivity index (χ1) is 10.0. The Morgan fingerprint density at radius 2 is 2.24 bits per heavy atom. The highest BCUT2D eigenvalue weighted by Crippen LogP contribution is 2.18. The molecular formula is C15H29N3O3. The molecule has 122 valence electrons. The molecule has 2 atom stereocenters. The van der Waals surface area contributed by atoms with Gasteiger partial charge in [0.05, 0.1) is 13.2 Å². The summed E-state index contributed by atoms with van der Waals surface area (Å²) in [6.07, 6.45) is 3.22. The third kappa shape index (κ3) is 7.43. The maximum atomic E-state index is 11.9. The summed E-state index contributed by atoms with van der Waals surface area (Å²) in [5.41, 5.74) is 5.94. The molecule has 1 amide bonds. The van der Waals surface area contributed by atoms with E-state index in [1.54, 1.807) is 6.92 Å². The van der Waals surface area contributed by atoms with Gasteiger partial charge in [-0.05, 0) is 45.6 Å². The van der Waals surface area contributed by atoms with Crippen molar-refractivity contribution < 1.29 is 14.3 Å². The number of rotatable bonds is 8. The zero-order valence-corrected chi connectivity index (χ0v) is 13.3. The van der Waals surface area contributed by atoms with Gasteiger partial charge in [0.1, 0.15) is 0 Å². The standard InChI is InChI=1S/C15H29N3O3/c1-3-21-15(20)7-4-8-17-14(19)11-18-9-5-6-13(10-18)12(2)16/h12-13H,3-11,16H2,1-2H3,(H,17,19). The molecule has 0 saturated carbocycles. The van der Waals surface area contributed by atoms with Crippen molar-refractivity contribution in [2.45, 2.75) is 45.6 Å². The topological polar surface area (TPSA) is 84.7 Å². The summed E-state index contributed by atoms with van der Waals surface area (Å²) in [6.45, 7) is 7.01. The van der Waals surface area contributed by atoms with Gasteiger partial charge in [-0.25, -0.2) is 0 Å². The van der Waals surface area contributed by atoms with Crippen molar-refractivity contribution in [3.63, 3.8) is 0 Å². The number of nitrogens with one attached hydrogen (secondary N) is 1. The van der Waals surface area contributed by atoms with Crippen LogP contribution < -0.4 is 11.1 Å². The van der Waals surface area contributed by atoms with E-state index in [9.17, 15) is 9.59 Å². The van der Waals surface area contributed by atoms with Gasteiger partial charge in [-0.15, -0.1) is 0 Å². The van der Waals surface area contributed by atoms with Crippen molar-refractivity contribution in [2.75, 3.05) is 32.8 Å². The lowest BCUT2D eigenvalue weighted by Crippen LogP contribution is -2.46. The Hall–Kier alpha value is -1.14. The molecule has 0 aliphatic carbocycles. The first-order valence-electron chi connectivity index (χ1n) is 7.93. The fourth-order valence-corrected chi connectivity index (χ4v) is 2.62. The molecule has 0 aromatic carbocycles. The van der Waals surface area contributed by atoms with Crippen molar-refractivity contribution in [3.8, 4) is 0 Å². The van der Waals surface area contributed by atoms with Crippen LogP contribution in [0.1, 0.15) is 39.5 Å². The SMILES string of the molecule is CCOC(=O)CCCNC(=O)CN1CCCC(C(C)N)C1. The molecule has 0 bridgehead atoms. The van der Waals surface area contributed by atoms with Crippen molar-refractivity contribution in [1.29, 1.82) is 0 Å². The maximum absolute atomic E-state index is 11.9. The minimum Gasteiger partial charge on any atom is -0.466 e. The Labute approximate surface area is 127 Å². The lowest BCUT2D eigenvalue weighted by Gasteiger charge is -2.34. The van der Waals surface area contributed by atoms with Gasteiger partial charge in [0.2, 0.25) is 5.91 Å². The number of nitrogens with two attached hydrogens (primary N) is 1. The molecule has 1 aliphatic rings. The van der Waals surface area contributed by atoms with Crippen molar-refractivity contribution >= 4 is 11.9 Å². The minimum absolute atomic E-state index is 0.0178. The molecule has 0 spiro atoms. The molecule has 0 aromatic rings. The number of piperidine rings is 1. The van der Waals surface area contributed by atoms with Gasteiger partial charge in [0, 0.05) is 25.6 Å². The van der Waals surface area contributed by atoms with E-state index >= 15 is 0 Å². The molecule has 1 rings (SSSR count). The number of hydrogen-bond donors (Lipinski definition) is 2. The predicted molar refractivity (Wildman–Crippen MR) is 81.7 cm³/mol. The summed E-state index contributed by atoms with van der Waals surface area (Å²) < 4.78 is 4.83. The van der Waals surface area contributed by atoms with Crippen LogP contribution in [0, 0.1) is 5.92 Å². The van der Waals surface area contributed by atoms with E-state index in [1.165, 1.54) is 0 Å². The van der Waals surface area contributed by atoms with Gasteiger partial charge in [0.15, 0.2) is 0 Å². The molecule has 1 fully saturated rings. The van der Waals surface area contributed by atoms with E-state index < -0.39 is 0 Å². The summed E-state index contributed by atoms with van der Waals surface area (Å²) in [4.78, 5) is 25.2. The highest BCUT2D eigenvalue weighted by molar-refractivity contribution is 5.78. The molecule has 1 heterocycles. The first-order valence-corrected chi connectivity index (χ1v) is 7.93. The third-order valence-electron chi connectivity index (χ3n) is 3.84. The molecule has 0 radical (unpaired) electrons. The second kappa shape index (κ2) is 9.73. The molecule has 0 aromatic heterocycles. The number of ether oxygens (including phenoxy) is 1. The van der Waals surface area contributed by atoms with Gasteiger partial charge in [-0.3, -0.25) is 14.5 Å². The molecule has 6 nitrogen and oxygen atoms in total. The number of likely N-dealkylation sites (tertiary alicyclic amines) is 1. The average Bonchev–Trinajstić information content (AvgIpc) is 2.44. The molecule has 3 N–H and O–H groups in total. The first kappa shape index (κ1) is 17.9. The highest BCUT2D eigenvalue weighted by atomic mass is 16.5. The molecule has 1 saturated heterocycles. The van der Waals surface area contributed by atoms with Crippen molar-refractivity contribution in [3.05, 3.63) is 0 Å². The molecule has 6 heteroatoms. The number of carbonyl (C=O) groups is 2. The monoisotopic (exact) mass is 299 g/mol. The lowest BCUT2D eigenvalue weighted by molar-refractivity contribution is -0.143. The zero-order chi connectivity index (χ0) is 15.7. The van der Waals surface area contributed by atoms with Crippen LogP contribution in [0.15, 0.2) is 0 Å². The van der Waals surface area contributed by atoms with Crippen LogP contribution in [0.3, 0.4) is 0 Å². The van der Waals surface area contributed by atoms with Crippen LogP contribution in [0.25, 0.3) is 0 Å². The lowest BCUT2D eigenvalue weighted by atomic mass is 9.92. The van der Waals surface area contributed by atoms with Crippen LogP contribution in [-0.2, 0) is 14.3 Å². The third-order valence-corrected chi connectivity index (χ3v) is 3.84. The summed E-state index contributed by atoms with van der Waals surface area (Å²) in [6, 6.07) is 0.181. The summed E-state index contributed by atoms with van der Waals surface area (Å²) in [5.74, 6) is 0.294. The smallest absolute Gasteiger partial charge is 0.305 e. The molecular weight excluding hydrogens is 270 g/mol. The van der Waals surface area contributed by atoms with Gasteiger partial charge in [-0.1, -0.05) is 0 Å². The van der Waals surface area contributed by atoms with E-state index in [2.05, 4.69) is 10.2 Å². The fourth-order valence-electron chi connectivity index (χ4n) is 2.62. The Kier molecular flexibility index (Phi) is 8.30. The number of carbonyl (C=O) groups excluding carboxylic acids is 2. The van der Waals surface area contributed by atoms with Crippen LogP contribution in [-0.4, -0.2) is 55.6 Å². The Balaban J connectivity index is 2.14. The van der Waals surface area contributed by atoms with E-state index in [0.717, 1.165) is 25.9 Å². The van der Waals surface area contributed by atoms with Crippen LogP contribution >= 0.6 is 0 Å². The Bertz CT molecular complexity index is 334. The van der Waals surface area contributed by atoms with E-state index in [1.807, 2.05) is 6.92 Å². The van der Waals surface area contributed by atoms with Gasteiger partial charge < -0.3 is 15.8 Å². The van der Waals surface area contributed by atoms with Crippen LogP contribution in [0.5, 0.6) is 0 Å². The summed E-state index contributed by atoms with van der Waals surface area (Å²) in [7, 11) is 0. The number of hydrogen-bond acceptors (Lipinski definition) is 5. The normalized spacial score (nSPS) is 20.8. The Morgan fingerprint density at radius 1 is 1.48 bits per heavy atom. The molecule has 21 heavy (non-hydrogen) atoms. The van der Waals surface area contributed by atoms with E-state index in [-0.39, 0.29) is 17.9 Å². The average molecular weight is 299 g/mol. The summed E-state index contributed by atoms with van der Waals surface area (Å²) >= 11 is 0. The maximum Gasteiger partial charge on any atom is 0.305 e. The van der Waals surface area contributed by atoms with Gasteiger partial charge in [-0.2, -0.15) is 0 Å². The van der Waals surface area contributed by atoms with Gasteiger partial charge >= 0.3 is 5.97 Å².